The van der Waals surface area contributed by atoms with Crippen LogP contribution in [0.5, 0.6) is 0 Å². The average molecular weight is 288 g/mol. The smallest absolute Gasteiger partial charge is 0.131 e. The highest BCUT2D eigenvalue weighted by Crippen LogP contribution is 2.21. The van der Waals surface area contributed by atoms with Crippen LogP contribution in [0.4, 0.5) is 0 Å². The third kappa shape index (κ3) is 3.69. The van der Waals surface area contributed by atoms with E-state index in [2.05, 4.69) is 24.0 Å². The first-order valence-corrected chi connectivity index (χ1v) is 7.07. The molecule has 0 aliphatic carbocycles. The highest BCUT2D eigenvalue weighted by atomic mass is 35.5. The number of aromatic nitrogens is 2. The zero-order chi connectivity index (χ0) is 13.8. The molecule has 0 unspecified atom stereocenters. The maximum absolute atomic E-state index is 6.30. The van der Waals surface area contributed by atoms with Gasteiger partial charge in [-0.1, -0.05) is 18.5 Å². The van der Waals surface area contributed by atoms with Crippen molar-refractivity contribution in [2.45, 2.75) is 26.0 Å². The van der Waals surface area contributed by atoms with Crippen LogP contribution in [0.2, 0.25) is 5.15 Å². The van der Waals surface area contributed by atoms with Crippen molar-refractivity contribution in [1.82, 2.24) is 14.7 Å². The van der Waals surface area contributed by atoms with E-state index in [1.807, 2.05) is 7.05 Å². The first kappa shape index (κ1) is 14.8. The minimum absolute atomic E-state index is 0.152. The minimum Gasteiger partial charge on any atom is -0.376 e. The van der Waals surface area contributed by atoms with Crippen molar-refractivity contribution < 1.29 is 9.47 Å². The van der Waals surface area contributed by atoms with Crippen molar-refractivity contribution in [3.8, 4) is 0 Å². The Morgan fingerprint density at radius 2 is 2.26 bits per heavy atom. The lowest BCUT2D eigenvalue weighted by Crippen LogP contribution is -2.38. The normalized spacial score (nSPS) is 20.2. The van der Waals surface area contributed by atoms with Gasteiger partial charge in [-0.15, -0.1) is 0 Å². The van der Waals surface area contributed by atoms with E-state index in [1.54, 1.807) is 4.68 Å². The molecule has 1 aromatic rings. The van der Waals surface area contributed by atoms with Crippen molar-refractivity contribution in [2.24, 2.45) is 7.05 Å². The third-order valence-corrected chi connectivity index (χ3v) is 3.79. The summed E-state index contributed by atoms with van der Waals surface area (Å²) in [6.07, 6.45) is 1.05. The molecule has 2 rings (SSSR count). The molecule has 0 saturated carbocycles. The fourth-order valence-electron chi connectivity index (χ4n) is 2.36. The lowest BCUT2D eigenvalue weighted by molar-refractivity contribution is -0.0963. The van der Waals surface area contributed by atoms with Gasteiger partial charge in [0, 0.05) is 25.7 Å². The molecule has 6 heteroatoms. The largest absolute Gasteiger partial charge is 0.376 e. The summed E-state index contributed by atoms with van der Waals surface area (Å²) in [7, 11) is 3.95. The van der Waals surface area contributed by atoms with Crippen LogP contribution in [-0.2, 0) is 29.5 Å². The van der Waals surface area contributed by atoms with E-state index in [-0.39, 0.29) is 6.10 Å². The van der Waals surface area contributed by atoms with Gasteiger partial charge in [-0.25, -0.2) is 0 Å². The fraction of sp³-hybridized carbons (Fsp3) is 0.769. The van der Waals surface area contributed by atoms with Gasteiger partial charge in [0.15, 0.2) is 0 Å². The van der Waals surface area contributed by atoms with E-state index in [1.165, 1.54) is 0 Å². The Kier molecular flexibility index (Phi) is 5.21. The first-order chi connectivity index (χ1) is 9.11. The van der Waals surface area contributed by atoms with Crippen LogP contribution in [-0.4, -0.2) is 54.2 Å². The Hall–Kier alpha value is -0.620. The molecule has 1 atom stereocenters. The van der Waals surface area contributed by atoms with Crippen LogP contribution in [0.3, 0.4) is 0 Å². The Morgan fingerprint density at radius 3 is 2.89 bits per heavy atom. The number of aryl methyl sites for hydroxylation is 2. The fourth-order valence-corrected chi connectivity index (χ4v) is 2.57. The van der Waals surface area contributed by atoms with Gasteiger partial charge in [-0.05, 0) is 13.5 Å². The summed E-state index contributed by atoms with van der Waals surface area (Å²) in [4.78, 5) is 2.21. The van der Waals surface area contributed by atoms with Crippen LogP contribution in [0.15, 0.2) is 0 Å². The number of hydrogen-bond acceptors (Lipinski definition) is 4. The average Bonchev–Trinajstić information content (AvgIpc) is 2.67. The molecule has 5 nitrogen and oxygen atoms in total. The molecule has 108 valence electrons. The zero-order valence-corrected chi connectivity index (χ0v) is 12.6. The summed E-state index contributed by atoms with van der Waals surface area (Å²) in [5, 5.41) is 5.16. The number of ether oxygens (including phenoxy) is 2. The molecule has 0 bridgehead atoms. The Morgan fingerprint density at radius 1 is 1.47 bits per heavy atom. The van der Waals surface area contributed by atoms with Gasteiger partial charge >= 0.3 is 0 Å². The Balaban J connectivity index is 1.96. The van der Waals surface area contributed by atoms with Crippen molar-refractivity contribution >= 4 is 11.6 Å². The van der Waals surface area contributed by atoms with Crippen LogP contribution < -0.4 is 0 Å². The quantitative estimate of drug-likeness (QED) is 0.822. The molecule has 19 heavy (non-hydrogen) atoms. The molecule has 0 N–H and O–H groups in total. The van der Waals surface area contributed by atoms with Gasteiger partial charge in [0.1, 0.15) is 5.15 Å². The second-order valence-electron chi connectivity index (χ2n) is 4.96. The standard InChI is InChI=1S/C13H22ClN3O2/c1-4-12-11(13(14)17(3)15-12)8-16(2)7-10-9-18-5-6-19-10/h10H,4-9H2,1-3H3/t10-/m0/s1. The summed E-state index contributed by atoms with van der Waals surface area (Å²) in [5.74, 6) is 0. The number of halogens is 1. The molecule has 1 fully saturated rings. The molecule has 1 aliphatic rings. The molecule has 2 heterocycles. The second kappa shape index (κ2) is 6.70. The Bertz CT molecular complexity index is 416. The predicted molar refractivity (Wildman–Crippen MR) is 74.5 cm³/mol. The van der Waals surface area contributed by atoms with Crippen LogP contribution >= 0.6 is 11.6 Å². The summed E-state index contributed by atoms with van der Waals surface area (Å²) < 4.78 is 12.8. The molecule has 1 aromatic heterocycles. The molecule has 1 saturated heterocycles. The molecular weight excluding hydrogens is 266 g/mol. The highest BCUT2D eigenvalue weighted by Gasteiger charge is 2.19. The molecule has 0 amide bonds. The topological polar surface area (TPSA) is 39.5 Å². The second-order valence-corrected chi connectivity index (χ2v) is 5.32. The molecule has 0 radical (unpaired) electrons. The minimum atomic E-state index is 0.152. The van der Waals surface area contributed by atoms with Gasteiger partial charge in [-0.2, -0.15) is 5.10 Å². The zero-order valence-electron chi connectivity index (χ0n) is 11.9. The maximum Gasteiger partial charge on any atom is 0.131 e. The third-order valence-electron chi connectivity index (χ3n) is 3.32. The van der Waals surface area contributed by atoms with Crippen LogP contribution in [0, 0.1) is 0 Å². The van der Waals surface area contributed by atoms with E-state index >= 15 is 0 Å². The Labute approximate surface area is 119 Å². The summed E-state index contributed by atoms with van der Waals surface area (Å²) in [6, 6.07) is 0. The molecule has 1 aliphatic heterocycles. The van der Waals surface area contributed by atoms with Gasteiger partial charge in [0.05, 0.1) is 31.6 Å². The van der Waals surface area contributed by atoms with E-state index in [0.717, 1.165) is 35.9 Å². The number of likely N-dealkylation sites (N-methyl/N-ethyl adjacent to an activating group) is 1. The summed E-state index contributed by atoms with van der Waals surface area (Å²) >= 11 is 6.30. The lowest BCUT2D eigenvalue weighted by Gasteiger charge is -2.27. The van der Waals surface area contributed by atoms with E-state index in [9.17, 15) is 0 Å². The monoisotopic (exact) mass is 287 g/mol. The lowest BCUT2D eigenvalue weighted by atomic mass is 10.2. The number of hydrogen-bond donors (Lipinski definition) is 0. The van der Waals surface area contributed by atoms with Crippen LogP contribution in [0.1, 0.15) is 18.2 Å². The van der Waals surface area contributed by atoms with Crippen molar-refractivity contribution in [2.75, 3.05) is 33.4 Å². The van der Waals surface area contributed by atoms with E-state index < -0.39 is 0 Å². The van der Waals surface area contributed by atoms with Crippen molar-refractivity contribution in [1.29, 1.82) is 0 Å². The number of nitrogens with zero attached hydrogens (tertiary/aromatic N) is 3. The maximum atomic E-state index is 6.30. The SMILES string of the molecule is CCc1nn(C)c(Cl)c1CN(C)C[C@H]1COCCO1. The van der Waals surface area contributed by atoms with Gasteiger partial charge in [0.25, 0.3) is 0 Å². The first-order valence-electron chi connectivity index (χ1n) is 6.70. The van der Waals surface area contributed by atoms with Gasteiger partial charge in [-0.3, -0.25) is 9.58 Å². The van der Waals surface area contributed by atoms with Crippen molar-refractivity contribution in [3.05, 3.63) is 16.4 Å². The van der Waals surface area contributed by atoms with Crippen molar-refractivity contribution in [3.63, 3.8) is 0 Å². The molecular formula is C13H22ClN3O2. The number of rotatable bonds is 5. The highest BCUT2D eigenvalue weighted by molar-refractivity contribution is 6.30. The predicted octanol–water partition coefficient (Wildman–Crippen LogP) is 1.48. The van der Waals surface area contributed by atoms with Crippen LogP contribution in [0.25, 0.3) is 0 Å². The molecule has 0 spiro atoms. The van der Waals surface area contributed by atoms with E-state index in [4.69, 9.17) is 21.1 Å². The van der Waals surface area contributed by atoms with E-state index in [0.29, 0.717) is 19.8 Å². The summed E-state index contributed by atoms with van der Waals surface area (Å²) in [5.41, 5.74) is 2.19. The molecule has 0 aromatic carbocycles. The van der Waals surface area contributed by atoms with Gasteiger partial charge < -0.3 is 9.47 Å². The summed E-state index contributed by atoms with van der Waals surface area (Å²) in [6.45, 7) is 5.79. The van der Waals surface area contributed by atoms with Gasteiger partial charge in [0.2, 0.25) is 0 Å².